The van der Waals surface area contributed by atoms with Crippen LogP contribution in [-0.2, 0) is 6.61 Å². The molecule has 1 aliphatic rings. The van der Waals surface area contributed by atoms with E-state index in [4.69, 9.17) is 5.11 Å². The van der Waals surface area contributed by atoms with Crippen molar-refractivity contribution >= 4 is 5.91 Å². The SMILES string of the molecule is O=C(NC1CCC(O)C1)c1ccccc1CO. The molecule has 0 aliphatic heterocycles. The predicted molar refractivity (Wildman–Crippen MR) is 63.5 cm³/mol. The van der Waals surface area contributed by atoms with Crippen LogP contribution >= 0.6 is 0 Å². The van der Waals surface area contributed by atoms with Gasteiger partial charge in [0, 0.05) is 11.6 Å². The van der Waals surface area contributed by atoms with E-state index in [9.17, 15) is 9.90 Å². The first-order valence-corrected chi connectivity index (χ1v) is 5.88. The van der Waals surface area contributed by atoms with Crippen molar-refractivity contribution in [3.8, 4) is 0 Å². The minimum Gasteiger partial charge on any atom is -0.393 e. The highest BCUT2D eigenvalue weighted by Gasteiger charge is 2.24. The quantitative estimate of drug-likeness (QED) is 0.726. The van der Waals surface area contributed by atoms with Gasteiger partial charge in [-0.3, -0.25) is 4.79 Å². The number of carbonyl (C=O) groups is 1. The van der Waals surface area contributed by atoms with Crippen LogP contribution in [0.25, 0.3) is 0 Å². The number of hydrogen-bond donors (Lipinski definition) is 3. The molecular weight excluding hydrogens is 218 g/mol. The highest BCUT2D eigenvalue weighted by molar-refractivity contribution is 5.95. The van der Waals surface area contributed by atoms with Crippen LogP contribution in [0.4, 0.5) is 0 Å². The van der Waals surface area contributed by atoms with Crippen molar-refractivity contribution in [2.24, 2.45) is 0 Å². The van der Waals surface area contributed by atoms with Gasteiger partial charge in [0.2, 0.25) is 0 Å². The van der Waals surface area contributed by atoms with Crippen LogP contribution in [0.15, 0.2) is 24.3 Å². The first-order chi connectivity index (χ1) is 8.20. The van der Waals surface area contributed by atoms with Crippen molar-refractivity contribution in [3.63, 3.8) is 0 Å². The molecule has 0 spiro atoms. The van der Waals surface area contributed by atoms with Gasteiger partial charge in [0.25, 0.3) is 5.91 Å². The molecule has 0 aromatic heterocycles. The van der Waals surface area contributed by atoms with Crippen molar-refractivity contribution in [3.05, 3.63) is 35.4 Å². The molecule has 0 bridgehead atoms. The fourth-order valence-corrected chi connectivity index (χ4v) is 2.23. The summed E-state index contributed by atoms with van der Waals surface area (Å²) in [6.45, 7) is -0.142. The number of amides is 1. The van der Waals surface area contributed by atoms with Gasteiger partial charge in [0.15, 0.2) is 0 Å². The van der Waals surface area contributed by atoms with Crippen molar-refractivity contribution in [2.45, 2.75) is 38.0 Å². The number of rotatable bonds is 3. The van der Waals surface area contributed by atoms with E-state index in [1.807, 2.05) is 0 Å². The van der Waals surface area contributed by atoms with E-state index in [0.717, 1.165) is 12.8 Å². The highest BCUT2D eigenvalue weighted by Crippen LogP contribution is 2.19. The van der Waals surface area contributed by atoms with Crippen LogP contribution in [0.5, 0.6) is 0 Å². The van der Waals surface area contributed by atoms with Crippen molar-refractivity contribution < 1.29 is 15.0 Å². The molecule has 0 heterocycles. The zero-order valence-corrected chi connectivity index (χ0v) is 9.60. The lowest BCUT2D eigenvalue weighted by atomic mass is 10.1. The first-order valence-electron chi connectivity index (χ1n) is 5.88. The fourth-order valence-electron chi connectivity index (χ4n) is 2.23. The average molecular weight is 235 g/mol. The van der Waals surface area contributed by atoms with Crippen LogP contribution in [0.2, 0.25) is 0 Å². The molecule has 1 aromatic rings. The Hall–Kier alpha value is -1.39. The van der Waals surface area contributed by atoms with Gasteiger partial charge >= 0.3 is 0 Å². The number of aliphatic hydroxyl groups excluding tert-OH is 2. The largest absolute Gasteiger partial charge is 0.393 e. The lowest BCUT2D eigenvalue weighted by Crippen LogP contribution is -2.33. The minimum absolute atomic E-state index is 0.0456. The summed E-state index contributed by atoms with van der Waals surface area (Å²) in [5.41, 5.74) is 1.14. The Morgan fingerprint density at radius 2 is 2.12 bits per heavy atom. The molecule has 3 N–H and O–H groups in total. The third-order valence-corrected chi connectivity index (χ3v) is 3.17. The van der Waals surface area contributed by atoms with Gasteiger partial charge in [-0.2, -0.15) is 0 Å². The van der Waals surface area contributed by atoms with Crippen LogP contribution < -0.4 is 5.32 Å². The first kappa shape index (κ1) is 12.1. The Morgan fingerprint density at radius 3 is 2.76 bits per heavy atom. The second-order valence-electron chi connectivity index (χ2n) is 4.45. The second-order valence-corrected chi connectivity index (χ2v) is 4.45. The number of benzene rings is 1. The number of hydrogen-bond acceptors (Lipinski definition) is 3. The monoisotopic (exact) mass is 235 g/mol. The van der Waals surface area contributed by atoms with E-state index in [2.05, 4.69) is 5.32 Å². The molecule has 1 fully saturated rings. The summed E-state index contributed by atoms with van der Waals surface area (Å²) in [6.07, 6.45) is 1.88. The van der Waals surface area contributed by atoms with Crippen molar-refractivity contribution in [1.82, 2.24) is 5.32 Å². The summed E-state index contributed by atoms with van der Waals surface area (Å²) in [5, 5.41) is 21.4. The summed E-state index contributed by atoms with van der Waals surface area (Å²) < 4.78 is 0. The summed E-state index contributed by atoms with van der Waals surface area (Å²) >= 11 is 0. The lowest BCUT2D eigenvalue weighted by molar-refractivity contribution is 0.0931. The third-order valence-electron chi connectivity index (χ3n) is 3.17. The molecule has 0 saturated heterocycles. The van der Waals surface area contributed by atoms with Gasteiger partial charge in [0.05, 0.1) is 12.7 Å². The lowest BCUT2D eigenvalue weighted by Gasteiger charge is -2.13. The maximum absolute atomic E-state index is 12.0. The average Bonchev–Trinajstić information content (AvgIpc) is 2.74. The predicted octanol–water partition coefficient (Wildman–Crippen LogP) is 0.822. The molecule has 1 saturated carbocycles. The Bertz CT molecular complexity index is 405. The second kappa shape index (κ2) is 5.29. The van der Waals surface area contributed by atoms with E-state index < -0.39 is 0 Å². The molecule has 17 heavy (non-hydrogen) atoms. The molecule has 0 radical (unpaired) electrons. The molecule has 2 unspecified atom stereocenters. The van der Waals surface area contributed by atoms with E-state index in [1.165, 1.54) is 0 Å². The molecule has 1 aromatic carbocycles. The van der Waals surface area contributed by atoms with Gasteiger partial charge in [0.1, 0.15) is 0 Å². The maximum atomic E-state index is 12.0. The third kappa shape index (κ3) is 2.84. The molecule has 1 amide bonds. The van der Waals surface area contributed by atoms with Crippen molar-refractivity contribution in [2.75, 3.05) is 0 Å². The summed E-state index contributed by atoms with van der Waals surface area (Å²) in [7, 11) is 0. The Kier molecular flexibility index (Phi) is 3.76. The van der Waals surface area contributed by atoms with E-state index in [1.54, 1.807) is 24.3 Å². The summed E-state index contributed by atoms with van der Waals surface area (Å²) in [6, 6.07) is 7.05. The highest BCUT2D eigenvalue weighted by atomic mass is 16.3. The van der Waals surface area contributed by atoms with E-state index >= 15 is 0 Å². The maximum Gasteiger partial charge on any atom is 0.251 e. The smallest absolute Gasteiger partial charge is 0.251 e. The molecule has 1 aliphatic carbocycles. The summed E-state index contributed by atoms with van der Waals surface area (Å²) in [5.74, 6) is -0.172. The molecular formula is C13H17NO3. The molecule has 2 rings (SSSR count). The van der Waals surface area contributed by atoms with Gasteiger partial charge in [-0.25, -0.2) is 0 Å². The number of carbonyl (C=O) groups excluding carboxylic acids is 1. The van der Waals surface area contributed by atoms with Gasteiger partial charge in [-0.05, 0) is 30.9 Å². The number of aliphatic hydroxyl groups is 2. The van der Waals surface area contributed by atoms with E-state index in [-0.39, 0.29) is 24.7 Å². The zero-order valence-electron chi connectivity index (χ0n) is 9.60. The Morgan fingerprint density at radius 1 is 1.35 bits per heavy atom. The zero-order chi connectivity index (χ0) is 12.3. The molecule has 2 atom stereocenters. The number of nitrogens with one attached hydrogen (secondary N) is 1. The van der Waals surface area contributed by atoms with Crippen LogP contribution in [-0.4, -0.2) is 28.3 Å². The Labute approximate surface area is 100 Å². The standard InChI is InChI=1S/C13H17NO3/c15-8-9-3-1-2-4-12(9)13(17)14-10-5-6-11(16)7-10/h1-4,10-11,15-16H,5-8H2,(H,14,17). The van der Waals surface area contributed by atoms with Crippen LogP contribution in [0.3, 0.4) is 0 Å². The summed E-state index contributed by atoms with van der Waals surface area (Å²) in [4.78, 5) is 12.0. The van der Waals surface area contributed by atoms with E-state index in [0.29, 0.717) is 17.5 Å². The van der Waals surface area contributed by atoms with Gasteiger partial charge in [-0.1, -0.05) is 18.2 Å². The molecule has 4 nitrogen and oxygen atoms in total. The van der Waals surface area contributed by atoms with Crippen molar-refractivity contribution in [1.29, 1.82) is 0 Å². The van der Waals surface area contributed by atoms with Gasteiger partial charge in [-0.15, -0.1) is 0 Å². The molecule has 4 heteroatoms. The fraction of sp³-hybridized carbons (Fsp3) is 0.462. The van der Waals surface area contributed by atoms with Gasteiger partial charge < -0.3 is 15.5 Å². The molecule has 92 valence electrons. The Balaban J connectivity index is 2.04. The normalized spacial score (nSPS) is 23.6. The minimum atomic E-state index is -0.298. The van der Waals surface area contributed by atoms with Crippen LogP contribution in [0.1, 0.15) is 35.2 Å². The van der Waals surface area contributed by atoms with Crippen LogP contribution in [0, 0.1) is 0 Å². The topological polar surface area (TPSA) is 69.6 Å².